The van der Waals surface area contributed by atoms with Gasteiger partial charge in [-0.15, -0.1) is 0 Å². The number of aromatic nitrogens is 1. The molecule has 5 rings (SSSR count). The third-order valence-electron chi connectivity index (χ3n) is 6.68. The first-order valence-corrected chi connectivity index (χ1v) is 12.9. The van der Waals surface area contributed by atoms with Crippen LogP contribution in [-0.4, -0.2) is 16.3 Å². The molecule has 186 valence electrons. The number of fused-ring (bicyclic) bond motifs is 1. The molecule has 0 aliphatic heterocycles. The summed E-state index contributed by atoms with van der Waals surface area (Å²) < 4.78 is 14.1. The number of alkyl carbamates (subject to hydrolysis) is 1. The smallest absolute Gasteiger partial charge is 0.408 e. The number of aryl methyl sites for hydroxylation is 1. The molecular formula is C29H29BrN2O4. The van der Waals surface area contributed by atoms with Crippen molar-refractivity contribution in [1.82, 2.24) is 9.88 Å². The van der Waals surface area contributed by atoms with Crippen LogP contribution in [0.3, 0.4) is 0 Å². The predicted molar refractivity (Wildman–Crippen MR) is 145 cm³/mol. The van der Waals surface area contributed by atoms with E-state index in [1.807, 2.05) is 75.4 Å². The monoisotopic (exact) mass is 548 g/mol. The predicted octanol–water partition coefficient (Wildman–Crippen LogP) is 7.13. The van der Waals surface area contributed by atoms with Crippen molar-refractivity contribution < 1.29 is 13.9 Å². The van der Waals surface area contributed by atoms with Gasteiger partial charge in [-0.2, -0.15) is 0 Å². The number of carbonyl (C=O) groups is 1. The molecule has 4 aromatic rings. The average Bonchev–Trinajstić information content (AvgIpc) is 3.21. The third kappa shape index (κ3) is 4.37. The van der Waals surface area contributed by atoms with Gasteiger partial charge in [-0.05, 0) is 67.1 Å². The van der Waals surface area contributed by atoms with E-state index in [1.165, 1.54) is 0 Å². The number of hydrogen-bond donors (Lipinski definition) is 1. The number of halogens is 1. The Bertz CT molecular complexity index is 1490. The average molecular weight is 549 g/mol. The van der Waals surface area contributed by atoms with E-state index in [9.17, 15) is 9.59 Å². The van der Waals surface area contributed by atoms with E-state index >= 15 is 0 Å². The van der Waals surface area contributed by atoms with Gasteiger partial charge in [0, 0.05) is 24.4 Å². The SMILES string of the molecule is Cn1cc(Br)c2oc(-c3ccc(C4(NC(=O)OC(C)(C)C)CCC4)cc3)c(-c3ccccc3)c2c1=O. The maximum atomic E-state index is 13.2. The molecule has 0 saturated heterocycles. The van der Waals surface area contributed by atoms with E-state index in [0.717, 1.165) is 46.0 Å². The Labute approximate surface area is 218 Å². The standard InChI is InChI=1S/C29H29BrN2O4/c1-28(2,3)36-27(34)31-29(15-8-16-29)20-13-11-19(12-14-20)24-22(18-9-6-5-7-10-18)23-25(35-24)21(30)17-32(4)26(23)33/h5-7,9-14,17H,8,15-16H2,1-4H3,(H,31,34). The van der Waals surface area contributed by atoms with Crippen molar-refractivity contribution in [3.8, 4) is 22.5 Å². The fraction of sp³-hybridized carbons (Fsp3) is 0.310. The lowest BCUT2D eigenvalue weighted by Crippen LogP contribution is -2.52. The highest BCUT2D eigenvalue weighted by Gasteiger charge is 2.41. The number of nitrogens with one attached hydrogen (secondary N) is 1. The molecule has 2 aromatic carbocycles. The van der Waals surface area contributed by atoms with Gasteiger partial charge in [0.2, 0.25) is 0 Å². The Morgan fingerprint density at radius 3 is 2.31 bits per heavy atom. The quantitative estimate of drug-likeness (QED) is 0.294. The van der Waals surface area contributed by atoms with Gasteiger partial charge >= 0.3 is 6.09 Å². The molecule has 1 amide bonds. The molecule has 2 heterocycles. The normalized spacial score (nSPS) is 14.9. The van der Waals surface area contributed by atoms with Gasteiger partial charge in [0.05, 0.1) is 15.4 Å². The summed E-state index contributed by atoms with van der Waals surface area (Å²) in [6.45, 7) is 5.58. The number of nitrogens with zero attached hydrogens (tertiary/aromatic N) is 1. The number of furan rings is 1. The highest BCUT2D eigenvalue weighted by Crippen LogP contribution is 2.44. The second kappa shape index (κ2) is 8.96. The molecule has 1 aliphatic rings. The molecule has 1 saturated carbocycles. The van der Waals surface area contributed by atoms with Gasteiger partial charge in [-0.1, -0.05) is 54.6 Å². The molecule has 1 N–H and O–H groups in total. The van der Waals surface area contributed by atoms with Gasteiger partial charge in [-0.3, -0.25) is 4.79 Å². The first-order chi connectivity index (χ1) is 17.1. The summed E-state index contributed by atoms with van der Waals surface area (Å²) in [4.78, 5) is 25.7. The molecule has 0 atom stereocenters. The molecule has 0 bridgehead atoms. The molecule has 1 fully saturated rings. The van der Waals surface area contributed by atoms with Crippen LogP contribution < -0.4 is 10.9 Å². The summed E-state index contributed by atoms with van der Waals surface area (Å²) in [7, 11) is 1.73. The summed E-state index contributed by atoms with van der Waals surface area (Å²) in [5.74, 6) is 0.634. The first kappa shape index (κ1) is 24.4. The zero-order chi connectivity index (χ0) is 25.7. The van der Waals surface area contributed by atoms with Crippen molar-refractivity contribution in [2.45, 2.75) is 51.2 Å². The third-order valence-corrected chi connectivity index (χ3v) is 7.24. The Morgan fingerprint density at radius 2 is 1.72 bits per heavy atom. The molecule has 0 spiro atoms. The summed E-state index contributed by atoms with van der Waals surface area (Å²) in [5.41, 5.74) is 2.98. The lowest BCUT2D eigenvalue weighted by Gasteiger charge is -2.43. The van der Waals surface area contributed by atoms with Crippen LogP contribution in [0.25, 0.3) is 33.4 Å². The number of rotatable bonds is 4. The minimum Gasteiger partial charge on any atom is -0.454 e. The minimum absolute atomic E-state index is 0.117. The van der Waals surface area contributed by atoms with Gasteiger partial charge in [-0.25, -0.2) is 4.79 Å². The van der Waals surface area contributed by atoms with Crippen molar-refractivity contribution in [2.75, 3.05) is 0 Å². The number of pyridine rings is 1. The molecule has 0 unspecified atom stereocenters. The summed E-state index contributed by atoms with van der Waals surface area (Å²) in [6, 6.07) is 17.9. The zero-order valence-corrected chi connectivity index (χ0v) is 22.4. The molecule has 1 aliphatic carbocycles. The van der Waals surface area contributed by atoms with Crippen molar-refractivity contribution in [1.29, 1.82) is 0 Å². The van der Waals surface area contributed by atoms with Crippen LogP contribution in [0.1, 0.15) is 45.6 Å². The highest BCUT2D eigenvalue weighted by atomic mass is 79.9. The van der Waals surface area contributed by atoms with Gasteiger partial charge in [0.25, 0.3) is 5.56 Å². The van der Waals surface area contributed by atoms with Crippen LogP contribution in [0.15, 0.2) is 74.5 Å². The van der Waals surface area contributed by atoms with E-state index in [4.69, 9.17) is 9.15 Å². The van der Waals surface area contributed by atoms with E-state index in [2.05, 4.69) is 21.2 Å². The topological polar surface area (TPSA) is 73.5 Å². The van der Waals surface area contributed by atoms with Crippen LogP contribution in [0.2, 0.25) is 0 Å². The van der Waals surface area contributed by atoms with E-state index in [0.29, 0.717) is 16.7 Å². The molecule has 7 heteroatoms. The maximum Gasteiger partial charge on any atom is 0.408 e. The second-order valence-electron chi connectivity index (χ2n) is 10.4. The summed E-state index contributed by atoms with van der Waals surface area (Å²) in [5, 5.41) is 3.65. The summed E-state index contributed by atoms with van der Waals surface area (Å²) >= 11 is 3.57. The van der Waals surface area contributed by atoms with E-state index < -0.39 is 17.2 Å². The fourth-order valence-corrected chi connectivity index (χ4v) is 5.39. The minimum atomic E-state index is -0.556. The summed E-state index contributed by atoms with van der Waals surface area (Å²) in [6.07, 6.45) is 4.06. The van der Waals surface area contributed by atoms with Gasteiger partial charge in [0.1, 0.15) is 11.4 Å². The largest absolute Gasteiger partial charge is 0.454 e. The Balaban J connectivity index is 1.58. The highest BCUT2D eigenvalue weighted by molar-refractivity contribution is 9.10. The van der Waals surface area contributed by atoms with Crippen LogP contribution in [0.5, 0.6) is 0 Å². The Morgan fingerprint density at radius 1 is 1.06 bits per heavy atom. The maximum absolute atomic E-state index is 13.2. The van der Waals surface area contributed by atoms with Crippen LogP contribution in [-0.2, 0) is 17.3 Å². The van der Waals surface area contributed by atoms with Crippen molar-refractivity contribution in [2.24, 2.45) is 7.05 Å². The van der Waals surface area contributed by atoms with Gasteiger partial charge < -0.3 is 19.0 Å². The number of ether oxygens (including phenoxy) is 1. The van der Waals surface area contributed by atoms with Gasteiger partial charge in [0.15, 0.2) is 5.58 Å². The van der Waals surface area contributed by atoms with Crippen molar-refractivity contribution >= 4 is 33.0 Å². The molecule has 36 heavy (non-hydrogen) atoms. The van der Waals surface area contributed by atoms with E-state index in [1.54, 1.807) is 17.8 Å². The molecule has 0 radical (unpaired) electrons. The lowest BCUT2D eigenvalue weighted by atomic mass is 9.71. The van der Waals surface area contributed by atoms with Crippen molar-refractivity contribution in [3.63, 3.8) is 0 Å². The number of hydrogen-bond acceptors (Lipinski definition) is 4. The van der Waals surface area contributed by atoms with Crippen LogP contribution in [0.4, 0.5) is 4.79 Å². The Kier molecular flexibility index (Phi) is 6.07. The Hall–Kier alpha value is -3.32. The second-order valence-corrected chi connectivity index (χ2v) is 11.3. The number of carbonyl (C=O) groups excluding carboxylic acids is 1. The molecule has 2 aromatic heterocycles. The first-order valence-electron chi connectivity index (χ1n) is 12.1. The van der Waals surface area contributed by atoms with E-state index in [-0.39, 0.29) is 5.56 Å². The lowest BCUT2D eigenvalue weighted by molar-refractivity contribution is 0.0377. The number of amides is 1. The van der Waals surface area contributed by atoms with Crippen molar-refractivity contribution in [3.05, 3.63) is 81.2 Å². The van der Waals surface area contributed by atoms with Crippen LogP contribution >= 0.6 is 15.9 Å². The fourth-order valence-electron chi connectivity index (χ4n) is 4.81. The number of benzene rings is 2. The van der Waals surface area contributed by atoms with Crippen LogP contribution in [0, 0.1) is 0 Å². The zero-order valence-electron chi connectivity index (χ0n) is 20.9. The molecule has 6 nitrogen and oxygen atoms in total. The molecular weight excluding hydrogens is 520 g/mol.